The third kappa shape index (κ3) is 4.24. The Morgan fingerprint density at radius 2 is 2.00 bits per heavy atom. The topological polar surface area (TPSA) is 70.7 Å². The lowest BCUT2D eigenvalue weighted by Gasteiger charge is -2.30. The van der Waals surface area contributed by atoms with Gasteiger partial charge in [0.05, 0.1) is 13.1 Å². The quantitative estimate of drug-likeness (QED) is 0.803. The third-order valence-corrected chi connectivity index (χ3v) is 4.81. The minimum absolute atomic E-state index is 0.0408. The van der Waals surface area contributed by atoms with E-state index in [1.54, 1.807) is 35.2 Å². The molecule has 1 aliphatic carbocycles. The van der Waals surface area contributed by atoms with Crippen molar-refractivity contribution < 1.29 is 18.7 Å². The Hall–Kier alpha value is -3.09. The number of anilines is 1. The second-order valence-electron chi connectivity index (χ2n) is 7.08. The molecule has 0 spiro atoms. The molecule has 2 aliphatic rings. The summed E-state index contributed by atoms with van der Waals surface area (Å²) in [5.74, 6) is -0.257. The van der Waals surface area contributed by atoms with Crippen LogP contribution in [0.25, 0.3) is 0 Å². The van der Waals surface area contributed by atoms with E-state index in [1.165, 1.54) is 6.07 Å². The molecule has 28 heavy (non-hydrogen) atoms. The van der Waals surface area contributed by atoms with Gasteiger partial charge in [-0.05, 0) is 42.7 Å². The Labute approximate surface area is 162 Å². The number of rotatable bonds is 6. The van der Waals surface area contributed by atoms with Gasteiger partial charge in [-0.25, -0.2) is 4.39 Å². The lowest BCUT2D eigenvalue weighted by molar-refractivity contribution is -0.120. The van der Waals surface area contributed by atoms with Crippen molar-refractivity contribution in [1.82, 2.24) is 10.6 Å². The standard InChI is InChI=1S/C21H22FN3O3/c22-17-5-2-6-18-20(17)25(9-10-28-18)13-19(26)23-12-14-3-1-4-15(11-14)21(27)24-16-7-8-16/h1-6,11,16H,7-10,12-13H2,(H,23,26)(H,24,27). The van der Waals surface area contributed by atoms with Gasteiger partial charge in [0.25, 0.3) is 5.91 Å². The first kappa shape index (κ1) is 18.3. The first-order valence-electron chi connectivity index (χ1n) is 9.43. The molecule has 4 rings (SSSR count). The number of halogens is 1. The molecule has 0 aromatic heterocycles. The maximum Gasteiger partial charge on any atom is 0.251 e. The number of nitrogens with one attached hydrogen (secondary N) is 2. The molecule has 2 aromatic carbocycles. The molecule has 0 atom stereocenters. The van der Waals surface area contributed by atoms with Crippen LogP contribution in [-0.2, 0) is 11.3 Å². The van der Waals surface area contributed by atoms with E-state index in [0.29, 0.717) is 42.7 Å². The van der Waals surface area contributed by atoms with E-state index in [0.717, 1.165) is 18.4 Å². The summed E-state index contributed by atoms with van der Waals surface area (Å²) < 4.78 is 19.6. The highest BCUT2D eigenvalue weighted by Crippen LogP contribution is 2.33. The van der Waals surface area contributed by atoms with Crippen molar-refractivity contribution in [1.29, 1.82) is 0 Å². The van der Waals surface area contributed by atoms with E-state index in [4.69, 9.17) is 4.74 Å². The van der Waals surface area contributed by atoms with Gasteiger partial charge in [-0.15, -0.1) is 0 Å². The zero-order valence-electron chi connectivity index (χ0n) is 15.4. The molecule has 0 saturated heterocycles. The maximum absolute atomic E-state index is 14.1. The lowest BCUT2D eigenvalue weighted by atomic mass is 10.1. The van der Waals surface area contributed by atoms with Gasteiger partial charge in [0.15, 0.2) is 0 Å². The fraction of sp³-hybridized carbons (Fsp3) is 0.333. The molecule has 2 N–H and O–H groups in total. The molecule has 7 heteroatoms. The molecular weight excluding hydrogens is 361 g/mol. The smallest absolute Gasteiger partial charge is 0.251 e. The average Bonchev–Trinajstić information content (AvgIpc) is 3.51. The number of hydrogen-bond donors (Lipinski definition) is 2. The summed E-state index contributed by atoms with van der Waals surface area (Å²) in [5.41, 5.74) is 1.75. The van der Waals surface area contributed by atoms with Gasteiger partial charge < -0.3 is 20.3 Å². The van der Waals surface area contributed by atoms with E-state index in [9.17, 15) is 14.0 Å². The average molecular weight is 383 g/mol. The van der Waals surface area contributed by atoms with Gasteiger partial charge in [-0.1, -0.05) is 18.2 Å². The number of amides is 2. The van der Waals surface area contributed by atoms with Crippen LogP contribution in [0.2, 0.25) is 0 Å². The highest BCUT2D eigenvalue weighted by molar-refractivity contribution is 5.94. The van der Waals surface area contributed by atoms with Crippen molar-refractivity contribution in [2.75, 3.05) is 24.6 Å². The van der Waals surface area contributed by atoms with Gasteiger partial charge in [0.2, 0.25) is 5.91 Å². The number of hydrogen-bond acceptors (Lipinski definition) is 4. The van der Waals surface area contributed by atoms with Crippen LogP contribution in [0, 0.1) is 5.82 Å². The predicted octanol–water partition coefficient (Wildman–Crippen LogP) is 2.23. The summed E-state index contributed by atoms with van der Waals surface area (Å²) in [4.78, 5) is 26.2. The molecule has 2 aromatic rings. The number of ether oxygens (including phenoxy) is 1. The van der Waals surface area contributed by atoms with E-state index in [1.807, 2.05) is 6.07 Å². The summed E-state index contributed by atoms with van der Waals surface area (Å²) in [7, 11) is 0. The number of fused-ring (bicyclic) bond motifs is 1. The fourth-order valence-electron chi connectivity index (χ4n) is 3.20. The van der Waals surface area contributed by atoms with Gasteiger partial charge >= 0.3 is 0 Å². The van der Waals surface area contributed by atoms with Gasteiger partial charge in [0.1, 0.15) is 23.9 Å². The number of carbonyl (C=O) groups excluding carboxylic acids is 2. The van der Waals surface area contributed by atoms with Crippen molar-refractivity contribution in [3.63, 3.8) is 0 Å². The SMILES string of the molecule is O=C(CN1CCOc2cccc(F)c21)NCc1cccc(C(=O)NC2CC2)c1. The highest BCUT2D eigenvalue weighted by atomic mass is 19.1. The largest absolute Gasteiger partial charge is 0.489 e. The zero-order valence-corrected chi connectivity index (χ0v) is 15.4. The summed E-state index contributed by atoms with van der Waals surface area (Å²) in [5, 5.41) is 5.79. The van der Waals surface area contributed by atoms with E-state index >= 15 is 0 Å². The second kappa shape index (κ2) is 7.88. The predicted molar refractivity (Wildman–Crippen MR) is 103 cm³/mol. The van der Waals surface area contributed by atoms with Crippen molar-refractivity contribution in [3.8, 4) is 5.75 Å². The zero-order chi connectivity index (χ0) is 19.5. The molecule has 0 radical (unpaired) electrons. The van der Waals surface area contributed by atoms with Crippen molar-refractivity contribution in [3.05, 3.63) is 59.4 Å². The molecule has 1 aliphatic heterocycles. The minimum Gasteiger partial charge on any atom is -0.489 e. The highest BCUT2D eigenvalue weighted by Gasteiger charge is 2.24. The summed E-state index contributed by atoms with van der Waals surface area (Å²) >= 11 is 0. The lowest BCUT2D eigenvalue weighted by Crippen LogP contribution is -2.41. The van der Waals surface area contributed by atoms with Crippen LogP contribution in [0.4, 0.5) is 10.1 Å². The van der Waals surface area contributed by atoms with Crippen LogP contribution >= 0.6 is 0 Å². The van der Waals surface area contributed by atoms with Crippen LogP contribution in [0.15, 0.2) is 42.5 Å². The molecule has 146 valence electrons. The number of para-hydroxylation sites is 1. The summed E-state index contributed by atoms with van der Waals surface area (Å²) in [6.45, 7) is 1.19. The molecular formula is C21H22FN3O3. The third-order valence-electron chi connectivity index (χ3n) is 4.81. The van der Waals surface area contributed by atoms with Gasteiger partial charge in [0, 0.05) is 18.2 Å². The van der Waals surface area contributed by atoms with Crippen LogP contribution in [0.3, 0.4) is 0 Å². The Morgan fingerprint density at radius 3 is 2.82 bits per heavy atom. The molecule has 1 saturated carbocycles. The number of nitrogens with zero attached hydrogens (tertiary/aromatic N) is 1. The molecule has 0 bridgehead atoms. The van der Waals surface area contributed by atoms with Gasteiger partial charge in [-0.3, -0.25) is 9.59 Å². The van der Waals surface area contributed by atoms with E-state index in [2.05, 4.69) is 10.6 Å². The Morgan fingerprint density at radius 1 is 1.18 bits per heavy atom. The summed E-state index contributed by atoms with van der Waals surface area (Å²) in [6, 6.07) is 12.1. The molecule has 1 fully saturated rings. The molecule has 6 nitrogen and oxygen atoms in total. The van der Waals surface area contributed by atoms with Crippen LogP contribution in [-0.4, -0.2) is 37.6 Å². The van der Waals surface area contributed by atoms with Crippen molar-refractivity contribution in [2.45, 2.75) is 25.4 Å². The minimum atomic E-state index is -0.403. The molecule has 1 heterocycles. The van der Waals surface area contributed by atoms with Crippen LogP contribution < -0.4 is 20.3 Å². The van der Waals surface area contributed by atoms with Crippen LogP contribution in [0.1, 0.15) is 28.8 Å². The Kier molecular flexibility index (Phi) is 5.14. The normalized spacial score (nSPS) is 15.4. The second-order valence-corrected chi connectivity index (χ2v) is 7.08. The fourth-order valence-corrected chi connectivity index (χ4v) is 3.20. The summed E-state index contributed by atoms with van der Waals surface area (Å²) in [6.07, 6.45) is 2.07. The van der Waals surface area contributed by atoms with E-state index in [-0.39, 0.29) is 18.4 Å². The Balaban J connectivity index is 1.35. The molecule has 0 unspecified atom stereocenters. The van der Waals surface area contributed by atoms with Crippen molar-refractivity contribution >= 4 is 17.5 Å². The number of benzene rings is 2. The number of carbonyl (C=O) groups is 2. The maximum atomic E-state index is 14.1. The first-order valence-corrected chi connectivity index (χ1v) is 9.43. The monoisotopic (exact) mass is 383 g/mol. The van der Waals surface area contributed by atoms with Crippen LogP contribution in [0.5, 0.6) is 5.75 Å². The Bertz CT molecular complexity index is 898. The van der Waals surface area contributed by atoms with E-state index < -0.39 is 5.82 Å². The van der Waals surface area contributed by atoms with Gasteiger partial charge in [-0.2, -0.15) is 0 Å². The molecule has 2 amide bonds. The van der Waals surface area contributed by atoms with Crippen molar-refractivity contribution in [2.24, 2.45) is 0 Å². The first-order chi connectivity index (χ1) is 13.6.